The molecule has 4 heteroatoms. The molecule has 0 spiro atoms. The molecule has 0 radical (unpaired) electrons. The molecule has 1 heterocycles. The standard InChI is InChI=1S/C16H22ClNO.ClH/c17-15-3-5-16(6-4-15)19-12-14-7-9-18(10-8-14)11-13-1-2-13;/h3-6,13-14H,1-2,7-12H2;1H. The molecule has 1 saturated heterocycles. The van der Waals surface area contributed by atoms with E-state index >= 15 is 0 Å². The molecule has 0 unspecified atom stereocenters. The Hall–Kier alpha value is -0.440. The van der Waals surface area contributed by atoms with E-state index in [2.05, 4.69) is 4.90 Å². The number of hydrogen-bond acceptors (Lipinski definition) is 2. The van der Waals surface area contributed by atoms with E-state index in [1.54, 1.807) is 0 Å². The van der Waals surface area contributed by atoms with E-state index in [1.807, 2.05) is 24.3 Å². The highest BCUT2D eigenvalue weighted by molar-refractivity contribution is 6.30. The summed E-state index contributed by atoms with van der Waals surface area (Å²) in [6.45, 7) is 4.69. The van der Waals surface area contributed by atoms with E-state index in [1.165, 1.54) is 45.3 Å². The summed E-state index contributed by atoms with van der Waals surface area (Å²) in [5.74, 6) is 2.66. The molecule has 1 aromatic rings. The second kappa shape index (κ2) is 7.53. The van der Waals surface area contributed by atoms with E-state index in [0.717, 1.165) is 23.3 Å². The van der Waals surface area contributed by atoms with Gasteiger partial charge in [-0.05, 0) is 74.9 Å². The van der Waals surface area contributed by atoms with Gasteiger partial charge < -0.3 is 9.64 Å². The molecule has 0 N–H and O–H groups in total. The van der Waals surface area contributed by atoms with Gasteiger partial charge in [0.25, 0.3) is 0 Å². The van der Waals surface area contributed by atoms with Crippen LogP contribution in [0.3, 0.4) is 0 Å². The van der Waals surface area contributed by atoms with Crippen molar-refractivity contribution >= 4 is 24.0 Å². The van der Waals surface area contributed by atoms with Gasteiger partial charge in [-0.15, -0.1) is 12.4 Å². The molecule has 0 atom stereocenters. The first-order valence-corrected chi connectivity index (χ1v) is 7.78. The van der Waals surface area contributed by atoms with Crippen LogP contribution in [-0.2, 0) is 0 Å². The summed E-state index contributed by atoms with van der Waals surface area (Å²) in [6.07, 6.45) is 5.47. The van der Waals surface area contributed by atoms with Crippen LogP contribution in [0, 0.1) is 11.8 Å². The minimum absolute atomic E-state index is 0. The third-order valence-corrected chi connectivity index (χ3v) is 4.47. The van der Waals surface area contributed by atoms with Crippen molar-refractivity contribution in [3.63, 3.8) is 0 Å². The minimum atomic E-state index is 0. The van der Waals surface area contributed by atoms with E-state index < -0.39 is 0 Å². The van der Waals surface area contributed by atoms with Crippen LogP contribution < -0.4 is 4.74 Å². The van der Waals surface area contributed by atoms with E-state index in [-0.39, 0.29) is 12.4 Å². The van der Waals surface area contributed by atoms with Crippen molar-refractivity contribution in [1.82, 2.24) is 4.90 Å². The lowest BCUT2D eigenvalue weighted by Gasteiger charge is -2.31. The molecule has 2 aliphatic rings. The van der Waals surface area contributed by atoms with Crippen LogP contribution in [-0.4, -0.2) is 31.1 Å². The first-order valence-electron chi connectivity index (χ1n) is 7.40. The molecule has 3 rings (SSSR count). The maximum Gasteiger partial charge on any atom is 0.119 e. The zero-order valence-electron chi connectivity index (χ0n) is 11.8. The maximum absolute atomic E-state index is 5.86. The van der Waals surface area contributed by atoms with Gasteiger partial charge in [-0.2, -0.15) is 0 Å². The number of hydrogen-bond donors (Lipinski definition) is 0. The molecule has 112 valence electrons. The van der Waals surface area contributed by atoms with Gasteiger partial charge in [-0.3, -0.25) is 0 Å². The first kappa shape index (κ1) is 15.9. The quantitative estimate of drug-likeness (QED) is 0.805. The van der Waals surface area contributed by atoms with Gasteiger partial charge in [-0.1, -0.05) is 11.6 Å². The molecular formula is C16H23Cl2NO. The first-order chi connectivity index (χ1) is 9.29. The van der Waals surface area contributed by atoms with Crippen LogP contribution >= 0.6 is 24.0 Å². The van der Waals surface area contributed by atoms with Gasteiger partial charge in [0.2, 0.25) is 0 Å². The molecule has 2 fully saturated rings. The lowest BCUT2D eigenvalue weighted by atomic mass is 9.97. The molecule has 0 aromatic heterocycles. The second-order valence-electron chi connectivity index (χ2n) is 5.95. The molecule has 1 aromatic carbocycles. The Morgan fingerprint density at radius 2 is 1.65 bits per heavy atom. The van der Waals surface area contributed by atoms with Crippen molar-refractivity contribution in [2.24, 2.45) is 11.8 Å². The number of rotatable bonds is 5. The van der Waals surface area contributed by atoms with Crippen molar-refractivity contribution in [1.29, 1.82) is 0 Å². The minimum Gasteiger partial charge on any atom is -0.493 e. The van der Waals surface area contributed by atoms with Crippen LogP contribution in [0.1, 0.15) is 25.7 Å². The number of halogens is 2. The molecule has 1 aliphatic heterocycles. The van der Waals surface area contributed by atoms with Crippen LogP contribution in [0.15, 0.2) is 24.3 Å². The number of nitrogens with zero attached hydrogens (tertiary/aromatic N) is 1. The van der Waals surface area contributed by atoms with Crippen LogP contribution in [0.2, 0.25) is 5.02 Å². The Bertz CT molecular complexity index is 397. The maximum atomic E-state index is 5.86. The Kier molecular flexibility index (Phi) is 6.01. The van der Waals surface area contributed by atoms with Gasteiger partial charge in [-0.25, -0.2) is 0 Å². The third-order valence-electron chi connectivity index (χ3n) is 4.22. The van der Waals surface area contributed by atoms with Crippen molar-refractivity contribution in [2.45, 2.75) is 25.7 Å². The fourth-order valence-corrected chi connectivity index (χ4v) is 2.87. The monoisotopic (exact) mass is 315 g/mol. The van der Waals surface area contributed by atoms with E-state index in [9.17, 15) is 0 Å². The Morgan fingerprint density at radius 3 is 2.25 bits per heavy atom. The zero-order valence-corrected chi connectivity index (χ0v) is 13.3. The number of piperidine rings is 1. The summed E-state index contributed by atoms with van der Waals surface area (Å²) in [4.78, 5) is 2.64. The Morgan fingerprint density at radius 1 is 1.00 bits per heavy atom. The lowest BCUT2D eigenvalue weighted by molar-refractivity contribution is 0.138. The summed E-state index contributed by atoms with van der Waals surface area (Å²) in [6, 6.07) is 7.67. The van der Waals surface area contributed by atoms with Crippen molar-refractivity contribution < 1.29 is 4.74 Å². The second-order valence-corrected chi connectivity index (χ2v) is 6.39. The highest BCUT2D eigenvalue weighted by atomic mass is 35.5. The van der Waals surface area contributed by atoms with Crippen molar-refractivity contribution in [3.8, 4) is 5.75 Å². The molecule has 0 bridgehead atoms. The fraction of sp³-hybridized carbons (Fsp3) is 0.625. The smallest absolute Gasteiger partial charge is 0.119 e. The van der Waals surface area contributed by atoms with Gasteiger partial charge >= 0.3 is 0 Å². The number of likely N-dealkylation sites (tertiary alicyclic amines) is 1. The van der Waals surface area contributed by atoms with Crippen LogP contribution in [0.4, 0.5) is 0 Å². The Labute approximate surface area is 132 Å². The molecule has 20 heavy (non-hydrogen) atoms. The number of ether oxygens (including phenoxy) is 1. The summed E-state index contributed by atoms with van der Waals surface area (Å²) in [5, 5.41) is 0.765. The predicted octanol–water partition coefficient (Wildman–Crippen LogP) is 4.26. The third kappa shape index (κ3) is 4.83. The summed E-state index contributed by atoms with van der Waals surface area (Å²) in [5.41, 5.74) is 0. The average molecular weight is 316 g/mol. The van der Waals surface area contributed by atoms with E-state index in [4.69, 9.17) is 16.3 Å². The van der Waals surface area contributed by atoms with Gasteiger partial charge in [0.1, 0.15) is 5.75 Å². The fourth-order valence-electron chi connectivity index (χ4n) is 2.75. The average Bonchev–Trinajstić information content (AvgIpc) is 3.24. The largest absolute Gasteiger partial charge is 0.493 e. The van der Waals surface area contributed by atoms with Gasteiger partial charge in [0.05, 0.1) is 6.61 Å². The topological polar surface area (TPSA) is 12.5 Å². The van der Waals surface area contributed by atoms with Crippen molar-refractivity contribution in [2.75, 3.05) is 26.2 Å². The van der Waals surface area contributed by atoms with Gasteiger partial charge in [0, 0.05) is 11.6 Å². The SMILES string of the molecule is Cl.Clc1ccc(OCC2CCN(CC3CC3)CC2)cc1. The summed E-state index contributed by atoms with van der Waals surface area (Å²) < 4.78 is 5.85. The highest BCUT2D eigenvalue weighted by Crippen LogP contribution is 2.31. The zero-order chi connectivity index (χ0) is 13.1. The van der Waals surface area contributed by atoms with Crippen LogP contribution in [0.5, 0.6) is 5.75 Å². The molecule has 1 aliphatic carbocycles. The molecular weight excluding hydrogens is 293 g/mol. The predicted molar refractivity (Wildman–Crippen MR) is 86.1 cm³/mol. The normalized spacial score (nSPS) is 20.4. The summed E-state index contributed by atoms with van der Waals surface area (Å²) in [7, 11) is 0. The summed E-state index contributed by atoms with van der Waals surface area (Å²) >= 11 is 5.86. The van der Waals surface area contributed by atoms with Crippen LogP contribution in [0.25, 0.3) is 0 Å². The lowest BCUT2D eigenvalue weighted by Crippen LogP contribution is -2.36. The molecule has 0 amide bonds. The van der Waals surface area contributed by atoms with E-state index in [0.29, 0.717) is 5.92 Å². The molecule has 2 nitrogen and oxygen atoms in total. The van der Waals surface area contributed by atoms with Crippen molar-refractivity contribution in [3.05, 3.63) is 29.3 Å². The highest BCUT2D eigenvalue weighted by Gasteiger charge is 2.27. The molecule has 1 saturated carbocycles. The Balaban J connectivity index is 0.00000147. The van der Waals surface area contributed by atoms with Gasteiger partial charge in [0.15, 0.2) is 0 Å². The number of benzene rings is 1.